The molecule has 0 saturated carbocycles. The Morgan fingerprint density at radius 3 is 2.88 bits per heavy atom. The van der Waals surface area contributed by atoms with Crippen LogP contribution in [0.4, 0.5) is 10.1 Å². The molecule has 2 aliphatic heterocycles. The Morgan fingerprint density at radius 1 is 1.46 bits per heavy atom. The fourth-order valence-corrected chi connectivity index (χ4v) is 4.56. The molecule has 1 aromatic carbocycles. The number of nitrogens with one attached hydrogen (secondary N) is 1. The number of benzene rings is 1. The lowest BCUT2D eigenvalue weighted by atomic mass is 9.89. The van der Waals surface area contributed by atoms with Gasteiger partial charge in [-0.1, -0.05) is 19.9 Å². The number of anilines is 1. The molecular weight excluding hydrogens is 357 g/mol. The van der Waals surface area contributed by atoms with Crippen molar-refractivity contribution in [3.63, 3.8) is 0 Å². The van der Waals surface area contributed by atoms with E-state index in [2.05, 4.69) is 23.5 Å². The van der Waals surface area contributed by atoms with Crippen LogP contribution in [0, 0.1) is 11.7 Å². The van der Waals surface area contributed by atoms with Gasteiger partial charge >= 0.3 is 0 Å². The van der Waals surface area contributed by atoms with Gasteiger partial charge in [0.15, 0.2) is 29.6 Å². The van der Waals surface area contributed by atoms with Crippen LogP contribution in [-0.4, -0.2) is 46.6 Å². The summed E-state index contributed by atoms with van der Waals surface area (Å²) >= 11 is -1.87. The van der Waals surface area contributed by atoms with Gasteiger partial charge in [0.2, 0.25) is 0 Å². The van der Waals surface area contributed by atoms with Crippen LogP contribution in [0.5, 0.6) is 5.75 Å². The Balaban J connectivity index is 1.82. The van der Waals surface area contributed by atoms with Crippen molar-refractivity contribution >= 4 is 23.1 Å². The van der Waals surface area contributed by atoms with Crippen molar-refractivity contribution in [3.05, 3.63) is 23.5 Å². The number of phenols is 1. The summed E-state index contributed by atoms with van der Waals surface area (Å²) in [7, 11) is 0. The van der Waals surface area contributed by atoms with E-state index in [1.54, 1.807) is 6.07 Å². The van der Waals surface area contributed by atoms with E-state index in [9.17, 15) is 14.5 Å². The summed E-state index contributed by atoms with van der Waals surface area (Å²) in [6.07, 6.45) is 2.98. The molecule has 0 aromatic heterocycles. The second-order valence-electron chi connectivity index (χ2n) is 7.47. The number of likely N-dealkylation sites (tertiary alicyclic amines) is 1. The van der Waals surface area contributed by atoms with Crippen molar-refractivity contribution in [1.82, 2.24) is 9.62 Å². The van der Waals surface area contributed by atoms with Crippen molar-refractivity contribution in [2.75, 3.05) is 30.5 Å². The fourth-order valence-electron chi connectivity index (χ4n) is 3.61. The molecule has 8 heteroatoms. The van der Waals surface area contributed by atoms with E-state index in [0.29, 0.717) is 11.5 Å². The van der Waals surface area contributed by atoms with Gasteiger partial charge in [0.25, 0.3) is 5.91 Å². The average Bonchev–Trinajstić information content (AvgIpc) is 2.91. The molecule has 2 atom stereocenters. The maximum Gasteiger partial charge on any atom is 0.287 e. The number of carbonyl (C=O) groups is 1. The molecule has 2 heterocycles. The molecule has 1 aromatic rings. The average molecular weight is 383 g/mol. The molecule has 1 amide bonds. The Hall–Kier alpha value is -1.51. The van der Waals surface area contributed by atoms with Gasteiger partial charge in [0.05, 0.1) is 0 Å². The number of carbonyl (C=O) groups excluding carboxylic acids is 1. The quantitative estimate of drug-likeness (QED) is 0.763. The van der Waals surface area contributed by atoms with Crippen molar-refractivity contribution in [1.29, 1.82) is 0 Å². The zero-order valence-corrected chi connectivity index (χ0v) is 16.0. The van der Waals surface area contributed by atoms with Crippen LogP contribution in [-0.2, 0) is 16.3 Å². The number of nitrogens with zero attached hydrogens (tertiary/aromatic N) is 2. The molecule has 2 aliphatic rings. The number of rotatable bonds is 5. The SMILES string of the molecule is CC(C)CCN1CCCC(c2ccc(O)c(N3CC(=O)N[S+]3[O-])c2F)C1. The first kappa shape index (κ1) is 19.3. The van der Waals surface area contributed by atoms with Crippen LogP contribution < -0.4 is 9.03 Å². The molecule has 2 unspecified atom stereocenters. The molecular formula is C18H26FN3O3S. The summed E-state index contributed by atoms with van der Waals surface area (Å²) in [6, 6.07) is 3.04. The molecule has 0 spiro atoms. The van der Waals surface area contributed by atoms with Crippen LogP contribution in [0.15, 0.2) is 12.1 Å². The van der Waals surface area contributed by atoms with E-state index < -0.39 is 23.3 Å². The Labute approximate surface area is 156 Å². The zero-order valence-electron chi connectivity index (χ0n) is 15.2. The molecule has 144 valence electrons. The third-order valence-corrected chi connectivity index (χ3v) is 6.14. The first-order valence-electron chi connectivity index (χ1n) is 9.09. The van der Waals surface area contributed by atoms with Gasteiger partial charge in [-0.05, 0) is 55.8 Å². The molecule has 6 nitrogen and oxygen atoms in total. The summed E-state index contributed by atoms with van der Waals surface area (Å²) in [6.45, 7) is 6.94. The van der Waals surface area contributed by atoms with Gasteiger partial charge in [-0.2, -0.15) is 4.31 Å². The lowest BCUT2D eigenvalue weighted by molar-refractivity contribution is -0.117. The minimum Gasteiger partial charge on any atom is -0.568 e. The lowest BCUT2D eigenvalue weighted by Gasteiger charge is -2.34. The van der Waals surface area contributed by atoms with Gasteiger partial charge in [0.1, 0.15) is 5.75 Å². The van der Waals surface area contributed by atoms with E-state index >= 15 is 4.39 Å². The van der Waals surface area contributed by atoms with Crippen LogP contribution in [0.1, 0.15) is 44.6 Å². The Bertz CT molecular complexity index is 673. The highest BCUT2D eigenvalue weighted by atomic mass is 32.2. The largest absolute Gasteiger partial charge is 0.568 e. The number of aromatic hydroxyl groups is 1. The van der Waals surface area contributed by atoms with Crippen molar-refractivity contribution < 1.29 is 18.8 Å². The smallest absolute Gasteiger partial charge is 0.287 e. The van der Waals surface area contributed by atoms with E-state index in [1.165, 1.54) is 6.07 Å². The summed E-state index contributed by atoms with van der Waals surface area (Å²) in [5.74, 6) is -0.684. The van der Waals surface area contributed by atoms with Gasteiger partial charge in [-0.25, -0.2) is 4.39 Å². The number of hydrogen-bond donors (Lipinski definition) is 2. The minimum atomic E-state index is -1.87. The number of amides is 1. The summed E-state index contributed by atoms with van der Waals surface area (Å²) in [4.78, 5) is 13.8. The number of phenolic OH excluding ortho intramolecular Hbond substituents is 1. The molecule has 26 heavy (non-hydrogen) atoms. The normalized spacial score (nSPS) is 24.3. The van der Waals surface area contributed by atoms with Gasteiger partial charge in [-0.3, -0.25) is 4.79 Å². The highest BCUT2D eigenvalue weighted by Gasteiger charge is 2.39. The highest BCUT2D eigenvalue weighted by molar-refractivity contribution is 7.92. The van der Waals surface area contributed by atoms with Crippen molar-refractivity contribution in [2.45, 2.75) is 39.0 Å². The molecule has 2 saturated heterocycles. The highest BCUT2D eigenvalue weighted by Crippen LogP contribution is 2.39. The fraction of sp³-hybridized carbons (Fsp3) is 0.611. The number of halogens is 1. The second kappa shape index (κ2) is 8.02. The van der Waals surface area contributed by atoms with Gasteiger partial charge in [0, 0.05) is 6.54 Å². The standard InChI is InChI=1S/C18H26FN3O3S/c1-12(2)7-9-21-8-3-4-13(10-21)14-5-6-15(23)18(17(14)19)22-11-16(24)20-26(22)25/h5-6,12-13,23H,3-4,7-11H2,1-2H3,(H,20,24). The van der Waals surface area contributed by atoms with Crippen molar-refractivity contribution in [2.24, 2.45) is 5.92 Å². The number of hydrogen-bond acceptors (Lipinski definition) is 5. The van der Waals surface area contributed by atoms with E-state index in [4.69, 9.17) is 0 Å². The molecule has 2 N–H and O–H groups in total. The van der Waals surface area contributed by atoms with Crippen LogP contribution in [0.3, 0.4) is 0 Å². The molecule has 2 fully saturated rings. The molecule has 0 radical (unpaired) electrons. The van der Waals surface area contributed by atoms with E-state index in [1.807, 2.05) is 0 Å². The summed E-state index contributed by atoms with van der Waals surface area (Å²) in [5, 5.41) is 10.1. The molecule has 3 rings (SSSR count). The molecule has 0 bridgehead atoms. The predicted octanol–water partition coefficient (Wildman–Crippen LogP) is 2.27. The van der Waals surface area contributed by atoms with Gasteiger partial charge in [-0.15, -0.1) is 4.72 Å². The van der Waals surface area contributed by atoms with Crippen molar-refractivity contribution in [3.8, 4) is 5.75 Å². The summed E-state index contributed by atoms with van der Waals surface area (Å²) < 4.78 is 30.5. The van der Waals surface area contributed by atoms with Crippen LogP contribution >= 0.6 is 0 Å². The lowest BCUT2D eigenvalue weighted by Crippen LogP contribution is -2.36. The van der Waals surface area contributed by atoms with E-state index in [-0.39, 0.29) is 23.9 Å². The zero-order chi connectivity index (χ0) is 18.8. The minimum absolute atomic E-state index is 0.0231. The molecule has 0 aliphatic carbocycles. The summed E-state index contributed by atoms with van der Waals surface area (Å²) in [5.41, 5.74) is 0.363. The second-order valence-corrected chi connectivity index (χ2v) is 8.61. The Morgan fingerprint density at radius 2 is 2.23 bits per heavy atom. The maximum absolute atomic E-state index is 15.2. The predicted molar refractivity (Wildman–Crippen MR) is 99.6 cm³/mol. The topological polar surface area (TPSA) is 78.9 Å². The maximum atomic E-state index is 15.2. The van der Waals surface area contributed by atoms with Crippen LogP contribution in [0.2, 0.25) is 0 Å². The van der Waals surface area contributed by atoms with Gasteiger partial charge < -0.3 is 14.6 Å². The van der Waals surface area contributed by atoms with E-state index in [0.717, 1.165) is 43.2 Å². The first-order valence-corrected chi connectivity index (χ1v) is 10.2. The number of piperidine rings is 1. The van der Waals surface area contributed by atoms with Crippen LogP contribution in [0.25, 0.3) is 0 Å². The Kier molecular flexibility index (Phi) is 5.94. The monoisotopic (exact) mass is 383 g/mol. The first-order chi connectivity index (χ1) is 12.4. The third kappa shape index (κ3) is 4.07. The third-order valence-electron chi connectivity index (χ3n) is 5.03.